The van der Waals surface area contributed by atoms with Crippen LogP contribution in [0, 0.1) is 5.92 Å². The first-order chi connectivity index (χ1) is 18.9. The van der Waals surface area contributed by atoms with Gasteiger partial charge in [0.15, 0.2) is 5.78 Å². The quantitative estimate of drug-likeness (QED) is 0.459. The van der Waals surface area contributed by atoms with Gasteiger partial charge in [0.2, 0.25) is 5.91 Å². The minimum Gasteiger partial charge on any atom is -0.379 e. The molecule has 0 spiro atoms. The van der Waals surface area contributed by atoms with E-state index in [1.54, 1.807) is 11.1 Å². The maximum absolute atomic E-state index is 13.7. The summed E-state index contributed by atoms with van der Waals surface area (Å²) in [5, 5.41) is 12.4. The van der Waals surface area contributed by atoms with Gasteiger partial charge in [-0.1, -0.05) is 12.1 Å². The van der Waals surface area contributed by atoms with Crippen LogP contribution in [0.15, 0.2) is 18.2 Å². The molecule has 11 heteroatoms. The third-order valence-corrected chi connectivity index (χ3v) is 8.78. The van der Waals surface area contributed by atoms with Crippen LogP contribution >= 0.6 is 0 Å². The van der Waals surface area contributed by atoms with Gasteiger partial charge in [0, 0.05) is 49.6 Å². The molecular formula is C28H37N7O4. The average molecular weight is 536 g/mol. The van der Waals surface area contributed by atoms with Gasteiger partial charge in [-0.3, -0.25) is 20.1 Å². The van der Waals surface area contributed by atoms with Crippen molar-refractivity contribution in [2.24, 2.45) is 5.92 Å². The first kappa shape index (κ1) is 26.0. The highest BCUT2D eigenvalue weighted by Gasteiger charge is 2.39. The SMILES string of the molecule is CN(C)C1CCN(C(=O)C2CCC(c3[nH]nc4c3C(=O)c3c(NC(=O)NN5CCOCC5)cccc3-4)CC2)C1. The molecular weight excluding hydrogens is 498 g/mol. The highest BCUT2D eigenvalue weighted by molar-refractivity contribution is 6.25. The van der Waals surface area contributed by atoms with Crippen molar-refractivity contribution < 1.29 is 19.1 Å². The molecule has 3 amide bonds. The molecule has 208 valence electrons. The number of hydrogen-bond donors (Lipinski definition) is 3. The molecule has 1 atom stereocenters. The Morgan fingerprint density at radius 2 is 1.82 bits per heavy atom. The zero-order valence-electron chi connectivity index (χ0n) is 22.7. The first-order valence-electron chi connectivity index (χ1n) is 14.0. The topological polar surface area (TPSA) is 123 Å². The van der Waals surface area contributed by atoms with Crippen LogP contribution in [0.4, 0.5) is 10.5 Å². The number of amides is 3. The molecule has 1 aromatic carbocycles. The normalized spacial score (nSPS) is 25.1. The number of ether oxygens (including phenoxy) is 1. The number of benzene rings is 1. The van der Waals surface area contributed by atoms with Crippen LogP contribution in [0.5, 0.6) is 0 Å². The number of aromatic amines is 1. The number of fused-ring (bicyclic) bond motifs is 3. The Balaban J connectivity index is 1.12. The van der Waals surface area contributed by atoms with E-state index in [9.17, 15) is 14.4 Å². The number of rotatable bonds is 5. The standard InChI is InChI=1S/C28H37N7O4/c1-33(2)19-10-11-34(16-19)27(37)18-8-6-17(7-9-18)24-23-25(31-30-24)20-4-3-5-21(22(20)26(23)36)29-28(38)32-35-12-14-39-15-13-35/h3-5,17-19H,6-16H2,1-2H3,(H,30,31)(H2,29,32,38). The van der Waals surface area contributed by atoms with Crippen molar-refractivity contribution in [2.75, 3.05) is 58.8 Å². The zero-order chi connectivity index (χ0) is 27.1. The fraction of sp³-hybridized carbons (Fsp3) is 0.571. The van der Waals surface area contributed by atoms with E-state index in [2.05, 4.69) is 39.9 Å². The van der Waals surface area contributed by atoms with E-state index in [1.807, 2.05) is 17.0 Å². The summed E-state index contributed by atoms with van der Waals surface area (Å²) in [6.07, 6.45) is 4.34. The summed E-state index contributed by atoms with van der Waals surface area (Å²) in [5.41, 5.74) is 6.63. The van der Waals surface area contributed by atoms with Gasteiger partial charge in [0.1, 0.15) is 5.69 Å². The van der Waals surface area contributed by atoms with Gasteiger partial charge in [-0.2, -0.15) is 5.10 Å². The Morgan fingerprint density at radius 1 is 1.05 bits per heavy atom. The number of H-pyrrole nitrogens is 1. The number of morpholine rings is 1. The Hall–Kier alpha value is -3.28. The van der Waals surface area contributed by atoms with E-state index in [-0.39, 0.29) is 29.6 Å². The molecule has 4 aliphatic rings. The molecule has 1 unspecified atom stereocenters. The van der Waals surface area contributed by atoms with Gasteiger partial charge in [-0.05, 0) is 52.3 Å². The minimum absolute atomic E-state index is 0.0480. The van der Waals surface area contributed by atoms with E-state index in [1.165, 1.54) is 0 Å². The molecule has 0 radical (unpaired) electrons. The highest BCUT2D eigenvalue weighted by Crippen LogP contribution is 2.45. The third kappa shape index (κ3) is 4.94. The lowest BCUT2D eigenvalue weighted by atomic mass is 9.79. The molecule has 2 aliphatic heterocycles. The van der Waals surface area contributed by atoms with E-state index in [4.69, 9.17) is 4.74 Å². The summed E-state index contributed by atoms with van der Waals surface area (Å²) in [6, 6.07) is 5.51. The largest absolute Gasteiger partial charge is 0.379 e. The fourth-order valence-electron chi connectivity index (χ4n) is 6.52. The monoisotopic (exact) mass is 535 g/mol. The predicted molar refractivity (Wildman–Crippen MR) is 145 cm³/mol. The number of carbonyl (C=O) groups is 3. The molecule has 1 saturated carbocycles. The zero-order valence-corrected chi connectivity index (χ0v) is 22.7. The number of aromatic nitrogens is 2. The van der Waals surface area contributed by atoms with Gasteiger partial charge in [-0.25, -0.2) is 9.80 Å². The number of likely N-dealkylation sites (N-methyl/N-ethyl adjacent to an activating group) is 1. The molecule has 2 saturated heterocycles. The maximum Gasteiger partial charge on any atom is 0.333 e. The Kier molecular flexibility index (Phi) is 7.13. The van der Waals surface area contributed by atoms with Crippen molar-refractivity contribution in [1.82, 2.24) is 30.4 Å². The molecule has 3 N–H and O–H groups in total. The number of likely N-dealkylation sites (tertiary alicyclic amines) is 1. The first-order valence-corrected chi connectivity index (χ1v) is 14.0. The van der Waals surface area contributed by atoms with Gasteiger partial charge in [-0.15, -0.1) is 0 Å². The van der Waals surface area contributed by atoms with Crippen molar-refractivity contribution in [3.05, 3.63) is 35.0 Å². The number of nitrogens with zero attached hydrogens (tertiary/aromatic N) is 4. The van der Waals surface area contributed by atoms with E-state index < -0.39 is 0 Å². The number of ketones is 1. The molecule has 2 aromatic rings. The molecule has 6 rings (SSSR count). The predicted octanol–water partition coefficient (Wildman–Crippen LogP) is 2.43. The molecule has 11 nitrogen and oxygen atoms in total. The second kappa shape index (κ2) is 10.7. The van der Waals surface area contributed by atoms with Crippen molar-refractivity contribution in [1.29, 1.82) is 0 Å². The second-order valence-corrected chi connectivity index (χ2v) is 11.3. The van der Waals surface area contributed by atoms with Crippen molar-refractivity contribution in [2.45, 2.75) is 44.1 Å². The molecule has 2 aliphatic carbocycles. The fourth-order valence-corrected chi connectivity index (χ4v) is 6.52. The van der Waals surface area contributed by atoms with E-state index in [0.717, 1.165) is 56.5 Å². The van der Waals surface area contributed by atoms with Gasteiger partial charge in [0.05, 0.1) is 35.7 Å². The number of anilines is 1. The summed E-state index contributed by atoms with van der Waals surface area (Å²) in [4.78, 5) is 43.8. The summed E-state index contributed by atoms with van der Waals surface area (Å²) in [6.45, 7) is 4.00. The van der Waals surface area contributed by atoms with Gasteiger partial charge in [0.25, 0.3) is 0 Å². The lowest BCUT2D eigenvalue weighted by Gasteiger charge is -2.30. The van der Waals surface area contributed by atoms with Gasteiger partial charge < -0.3 is 19.9 Å². The number of nitrogens with one attached hydrogen (secondary N) is 3. The highest BCUT2D eigenvalue weighted by atomic mass is 16.5. The van der Waals surface area contributed by atoms with Crippen molar-refractivity contribution in [3.8, 4) is 11.3 Å². The lowest BCUT2D eigenvalue weighted by Crippen LogP contribution is -2.49. The summed E-state index contributed by atoms with van der Waals surface area (Å²) in [5.74, 6) is 0.364. The van der Waals surface area contributed by atoms with Gasteiger partial charge >= 0.3 is 6.03 Å². The van der Waals surface area contributed by atoms with Crippen LogP contribution in [0.1, 0.15) is 59.6 Å². The summed E-state index contributed by atoms with van der Waals surface area (Å²) < 4.78 is 5.33. The molecule has 1 aromatic heterocycles. The van der Waals surface area contributed by atoms with Crippen LogP contribution in [-0.2, 0) is 9.53 Å². The Morgan fingerprint density at radius 3 is 2.54 bits per heavy atom. The number of urea groups is 1. The Labute approximate surface area is 228 Å². The van der Waals surface area contributed by atoms with Crippen LogP contribution in [0.3, 0.4) is 0 Å². The van der Waals surface area contributed by atoms with E-state index >= 15 is 0 Å². The van der Waals surface area contributed by atoms with Crippen LogP contribution in [-0.4, -0.2) is 102 Å². The van der Waals surface area contributed by atoms with Crippen molar-refractivity contribution in [3.63, 3.8) is 0 Å². The van der Waals surface area contributed by atoms with Crippen LogP contribution in [0.25, 0.3) is 11.3 Å². The Bertz CT molecular complexity index is 1260. The number of hydrogen-bond acceptors (Lipinski definition) is 7. The van der Waals surface area contributed by atoms with Crippen molar-refractivity contribution >= 4 is 23.4 Å². The van der Waals surface area contributed by atoms with Crippen LogP contribution < -0.4 is 10.7 Å². The molecule has 3 heterocycles. The number of hydrazine groups is 1. The summed E-state index contributed by atoms with van der Waals surface area (Å²) >= 11 is 0. The minimum atomic E-state index is -0.387. The third-order valence-electron chi connectivity index (χ3n) is 8.78. The number of carbonyl (C=O) groups excluding carboxylic acids is 3. The maximum atomic E-state index is 13.7. The second-order valence-electron chi connectivity index (χ2n) is 11.3. The molecule has 3 fully saturated rings. The smallest absolute Gasteiger partial charge is 0.333 e. The lowest BCUT2D eigenvalue weighted by molar-refractivity contribution is -0.135. The molecule has 39 heavy (non-hydrogen) atoms. The molecule has 0 bridgehead atoms. The van der Waals surface area contributed by atoms with E-state index in [0.29, 0.717) is 54.9 Å². The van der Waals surface area contributed by atoms with Crippen LogP contribution in [0.2, 0.25) is 0 Å². The average Bonchev–Trinajstić information content (AvgIpc) is 3.66. The summed E-state index contributed by atoms with van der Waals surface area (Å²) in [7, 11) is 4.15.